The van der Waals surface area contributed by atoms with Gasteiger partial charge in [-0.25, -0.2) is 4.79 Å². The van der Waals surface area contributed by atoms with E-state index in [9.17, 15) is 22.8 Å². The lowest BCUT2D eigenvalue weighted by molar-refractivity contribution is -0.137. The van der Waals surface area contributed by atoms with Gasteiger partial charge in [0.15, 0.2) is 0 Å². The molecule has 2 heterocycles. The lowest BCUT2D eigenvalue weighted by atomic mass is 10.0. The fourth-order valence-electron chi connectivity index (χ4n) is 4.55. The first-order valence-electron chi connectivity index (χ1n) is 11.3. The maximum Gasteiger partial charge on any atom is 0.418 e. The molecule has 0 saturated heterocycles. The van der Waals surface area contributed by atoms with Crippen molar-refractivity contribution in [2.45, 2.75) is 33.5 Å². The molecule has 2 aromatic carbocycles. The number of nitrogens with zero attached hydrogens (tertiary/aromatic N) is 2. The van der Waals surface area contributed by atoms with Crippen LogP contribution in [0.4, 0.5) is 13.2 Å². The van der Waals surface area contributed by atoms with Crippen LogP contribution < -0.4 is 0 Å². The van der Waals surface area contributed by atoms with Crippen molar-refractivity contribution in [1.29, 1.82) is 0 Å². The Bertz CT molecular complexity index is 1400. The largest absolute Gasteiger partial charge is 0.465 e. The van der Waals surface area contributed by atoms with E-state index >= 15 is 0 Å². The molecule has 1 amide bonds. The van der Waals surface area contributed by atoms with Gasteiger partial charge in [-0.15, -0.1) is 0 Å². The summed E-state index contributed by atoms with van der Waals surface area (Å²) in [6.45, 7) is 5.32. The molecule has 0 aliphatic carbocycles. The summed E-state index contributed by atoms with van der Waals surface area (Å²) in [6.07, 6.45) is -2.98. The standard InChI is InChI=1S/C28H25F3N2O3/c1-17-14-21(18(2)33(17)24-13-9-8-12-23(24)28(29,30)31)15-22-25(27(35)36-4)19(3)32(26(22)34)16-20-10-6-5-7-11-20/h5-15H,16H2,1-4H3/b22-15-. The quantitative estimate of drug-likeness (QED) is 0.324. The second-order valence-corrected chi connectivity index (χ2v) is 8.56. The van der Waals surface area contributed by atoms with Crippen LogP contribution in [0.1, 0.15) is 35.0 Å². The van der Waals surface area contributed by atoms with Gasteiger partial charge in [0, 0.05) is 17.1 Å². The highest BCUT2D eigenvalue weighted by molar-refractivity contribution is 6.16. The van der Waals surface area contributed by atoms with Crippen molar-refractivity contribution < 1.29 is 27.5 Å². The summed E-state index contributed by atoms with van der Waals surface area (Å²) in [4.78, 5) is 27.6. The molecular weight excluding hydrogens is 469 g/mol. The number of amides is 1. The van der Waals surface area contributed by atoms with Crippen molar-refractivity contribution in [3.05, 3.63) is 106 Å². The maximum absolute atomic E-state index is 13.7. The predicted molar refractivity (Wildman–Crippen MR) is 130 cm³/mol. The van der Waals surface area contributed by atoms with Crippen molar-refractivity contribution in [3.8, 4) is 5.69 Å². The van der Waals surface area contributed by atoms with Gasteiger partial charge in [-0.05, 0) is 56.2 Å². The minimum atomic E-state index is -4.53. The summed E-state index contributed by atoms with van der Waals surface area (Å²) in [6, 6.07) is 16.4. The third-order valence-corrected chi connectivity index (χ3v) is 6.31. The highest BCUT2D eigenvalue weighted by Gasteiger charge is 2.38. The molecule has 0 N–H and O–H groups in total. The van der Waals surface area contributed by atoms with E-state index in [1.54, 1.807) is 39.0 Å². The molecule has 1 aromatic heterocycles. The first-order chi connectivity index (χ1) is 17.0. The minimum absolute atomic E-state index is 0.00647. The topological polar surface area (TPSA) is 51.5 Å². The number of esters is 1. The van der Waals surface area contributed by atoms with E-state index in [0.717, 1.165) is 11.6 Å². The van der Waals surface area contributed by atoms with E-state index in [2.05, 4.69) is 0 Å². The van der Waals surface area contributed by atoms with E-state index in [0.29, 0.717) is 22.6 Å². The molecule has 5 nitrogen and oxygen atoms in total. The zero-order valence-corrected chi connectivity index (χ0v) is 20.3. The second kappa shape index (κ2) is 9.53. The van der Waals surface area contributed by atoms with Crippen LogP contribution in [0.15, 0.2) is 77.5 Å². The Labute approximate surface area is 207 Å². The highest BCUT2D eigenvalue weighted by atomic mass is 19.4. The minimum Gasteiger partial charge on any atom is -0.465 e. The Hall–Kier alpha value is -4.07. The van der Waals surface area contributed by atoms with E-state index < -0.39 is 17.7 Å². The smallest absolute Gasteiger partial charge is 0.418 e. The average Bonchev–Trinajstić information content (AvgIpc) is 3.25. The summed E-state index contributed by atoms with van der Waals surface area (Å²) < 4.78 is 47.5. The molecule has 8 heteroatoms. The van der Waals surface area contributed by atoms with E-state index in [1.165, 1.54) is 28.7 Å². The van der Waals surface area contributed by atoms with Gasteiger partial charge in [-0.2, -0.15) is 13.2 Å². The number of methoxy groups -OCH3 is 1. The number of hydrogen-bond acceptors (Lipinski definition) is 3. The Morgan fingerprint density at radius 3 is 2.28 bits per heavy atom. The fourth-order valence-corrected chi connectivity index (χ4v) is 4.55. The number of carbonyl (C=O) groups is 2. The number of rotatable bonds is 5. The number of allylic oxidation sites excluding steroid dienone is 1. The van der Waals surface area contributed by atoms with Gasteiger partial charge >= 0.3 is 12.1 Å². The Kier molecular flexibility index (Phi) is 6.63. The molecule has 0 unspecified atom stereocenters. The number of para-hydroxylation sites is 1. The number of carbonyl (C=O) groups excluding carboxylic acids is 2. The van der Waals surface area contributed by atoms with E-state index in [-0.39, 0.29) is 29.3 Å². The van der Waals surface area contributed by atoms with Crippen molar-refractivity contribution in [3.63, 3.8) is 0 Å². The number of benzene rings is 2. The van der Waals surface area contributed by atoms with Crippen LogP contribution in [-0.4, -0.2) is 28.5 Å². The summed E-state index contributed by atoms with van der Waals surface area (Å²) in [7, 11) is 1.24. The van der Waals surface area contributed by atoms with Gasteiger partial charge in [0.1, 0.15) is 0 Å². The monoisotopic (exact) mass is 494 g/mol. The number of aryl methyl sites for hydroxylation is 1. The third kappa shape index (κ3) is 4.46. The fraction of sp³-hybridized carbons (Fsp3) is 0.214. The predicted octanol–water partition coefficient (Wildman–Crippen LogP) is 5.99. The molecule has 3 aromatic rings. The summed E-state index contributed by atoms with van der Waals surface area (Å²) in [5, 5.41) is 0. The normalized spacial score (nSPS) is 15.2. The first kappa shape index (κ1) is 25.0. The van der Waals surface area contributed by atoms with Crippen molar-refractivity contribution in [2.75, 3.05) is 7.11 Å². The van der Waals surface area contributed by atoms with Gasteiger partial charge in [-0.1, -0.05) is 42.5 Å². The molecular formula is C28H25F3N2O3. The Morgan fingerprint density at radius 1 is 1.00 bits per heavy atom. The molecule has 0 spiro atoms. The van der Waals surface area contributed by atoms with Crippen molar-refractivity contribution in [1.82, 2.24) is 9.47 Å². The molecule has 1 aliphatic rings. The van der Waals surface area contributed by atoms with Gasteiger partial charge < -0.3 is 14.2 Å². The SMILES string of the molecule is COC(=O)C1=C(C)N(Cc2ccccc2)C(=O)/C1=C\c1cc(C)n(-c2ccccc2C(F)(F)F)c1C. The van der Waals surface area contributed by atoms with Crippen LogP contribution in [0.25, 0.3) is 11.8 Å². The molecule has 36 heavy (non-hydrogen) atoms. The number of alkyl halides is 3. The zero-order valence-electron chi connectivity index (χ0n) is 20.3. The molecule has 0 saturated carbocycles. The maximum atomic E-state index is 13.7. The van der Waals surface area contributed by atoms with Crippen molar-refractivity contribution in [2.24, 2.45) is 0 Å². The first-order valence-corrected chi connectivity index (χ1v) is 11.3. The lowest BCUT2D eigenvalue weighted by Gasteiger charge is -2.18. The summed E-state index contributed by atoms with van der Waals surface area (Å²) in [5.74, 6) is -1.03. The van der Waals surface area contributed by atoms with E-state index in [4.69, 9.17) is 4.74 Å². The zero-order chi connectivity index (χ0) is 26.2. The van der Waals surface area contributed by atoms with E-state index in [1.807, 2.05) is 30.3 Å². The average molecular weight is 495 g/mol. The van der Waals surface area contributed by atoms with Crippen LogP contribution >= 0.6 is 0 Å². The summed E-state index contributed by atoms with van der Waals surface area (Å²) >= 11 is 0. The van der Waals surface area contributed by atoms with Crippen LogP contribution in [0, 0.1) is 13.8 Å². The number of ether oxygens (including phenoxy) is 1. The van der Waals surface area contributed by atoms with Gasteiger partial charge in [-0.3, -0.25) is 4.79 Å². The Balaban J connectivity index is 1.82. The highest BCUT2D eigenvalue weighted by Crippen LogP contribution is 2.37. The molecule has 0 fully saturated rings. The molecule has 186 valence electrons. The lowest BCUT2D eigenvalue weighted by Crippen LogP contribution is -2.24. The molecule has 1 aliphatic heterocycles. The summed E-state index contributed by atoms with van der Waals surface area (Å²) in [5.41, 5.74) is 2.45. The van der Waals surface area contributed by atoms with Gasteiger partial charge in [0.25, 0.3) is 5.91 Å². The number of hydrogen-bond donors (Lipinski definition) is 0. The van der Waals surface area contributed by atoms with Gasteiger partial charge in [0.2, 0.25) is 0 Å². The Morgan fingerprint density at radius 2 is 1.64 bits per heavy atom. The van der Waals surface area contributed by atoms with Gasteiger partial charge in [0.05, 0.1) is 36.1 Å². The molecule has 0 radical (unpaired) electrons. The third-order valence-electron chi connectivity index (χ3n) is 6.31. The van der Waals surface area contributed by atoms with Crippen LogP contribution in [0.2, 0.25) is 0 Å². The number of halogens is 3. The van der Waals surface area contributed by atoms with Crippen LogP contribution in [0.3, 0.4) is 0 Å². The number of aromatic nitrogens is 1. The molecule has 0 bridgehead atoms. The molecule has 4 rings (SSSR count). The van der Waals surface area contributed by atoms with Crippen LogP contribution in [-0.2, 0) is 27.0 Å². The van der Waals surface area contributed by atoms with Crippen molar-refractivity contribution >= 4 is 18.0 Å². The second-order valence-electron chi connectivity index (χ2n) is 8.56. The molecule has 0 atom stereocenters. The van der Waals surface area contributed by atoms with Crippen LogP contribution in [0.5, 0.6) is 0 Å².